The van der Waals surface area contributed by atoms with Crippen molar-refractivity contribution in [3.05, 3.63) is 75.4 Å². The molecule has 26 heavy (non-hydrogen) atoms. The van der Waals surface area contributed by atoms with Crippen molar-refractivity contribution in [2.75, 3.05) is 0 Å². The van der Waals surface area contributed by atoms with Gasteiger partial charge in [0, 0.05) is 17.8 Å². The molecule has 0 atom stereocenters. The van der Waals surface area contributed by atoms with Crippen LogP contribution < -0.4 is 0 Å². The van der Waals surface area contributed by atoms with E-state index in [0.717, 1.165) is 16.5 Å². The number of hydrogen-bond acceptors (Lipinski definition) is 4. The van der Waals surface area contributed by atoms with Crippen LogP contribution in [0.3, 0.4) is 0 Å². The van der Waals surface area contributed by atoms with Gasteiger partial charge in [0.25, 0.3) is 5.91 Å². The van der Waals surface area contributed by atoms with Crippen LogP contribution in [0.25, 0.3) is 0 Å². The van der Waals surface area contributed by atoms with Gasteiger partial charge in [-0.1, -0.05) is 18.2 Å². The first-order valence-electron chi connectivity index (χ1n) is 8.48. The van der Waals surface area contributed by atoms with Gasteiger partial charge in [0.05, 0.1) is 11.6 Å². The highest BCUT2D eigenvalue weighted by molar-refractivity contribution is 7.09. The Morgan fingerprint density at radius 1 is 1.27 bits per heavy atom. The van der Waals surface area contributed by atoms with Gasteiger partial charge in [-0.3, -0.25) is 4.79 Å². The Kier molecular flexibility index (Phi) is 5.52. The van der Waals surface area contributed by atoms with E-state index in [2.05, 4.69) is 4.98 Å². The van der Waals surface area contributed by atoms with Crippen molar-refractivity contribution >= 4 is 17.2 Å². The molecule has 0 radical (unpaired) electrons. The predicted octanol–water partition coefficient (Wildman–Crippen LogP) is 4.83. The number of carbonyl (C=O) groups is 1. The van der Waals surface area contributed by atoms with E-state index in [-0.39, 0.29) is 17.8 Å². The minimum atomic E-state index is -0.257. The van der Waals surface area contributed by atoms with Crippen molar-refractivity contribution < 1.29 is 13.6 Å². The number of halogens is 1. The minimum absolute atomic E-state index is 0.00428. The molecule has 6 heteroatoms. The second-order valence-corrected chi connectivity index (χ2v) is 7.38. The van der Waals surface area contributed by atoms with Crippen LogP contribution in [0.2, 0.25) is 0 Å². The fourth-order valence-corrected chi connectivity index (χ4v) is 3.46. The Morgan fingerprint density at radius 2 is 2.04 bits per heavy atom. The molecular weight excluding hydrogens is 351 g/mol. The molecule has 2 aromatic heterocycles. The summed E-state index contributed by atoms with van der Waals surface area (Å²) in [7, 11) is 0. The zero-order chi connectivity index (χ0) is 18.7. The molecular formula is C20H21FN2O2S. The number of benzene rings is 1. The maximum absolute atomic E-state index is 13.8. The number of carbonyl (C=O) groups excluding carboxylic acids is 1. The molecule has 0 saturated carbocycles. The maximum Gasteiger partial charge on any atom is 0.273 e. The van der Waals surface area contributed by atoms with Crippen molar-refractivity contribution in [3.8, 4) is 0 Å². The minimum Gasteiger partial charge on any atom is -0.464 e. The second-order valence-electron chi connectivity index (χ2n) is 6.43. The van der Waals surface area contributed by atoms with Crippen LogP contribution in [-0.4, -0.2) is 21.8 Å². The van der Waals surface area contributed by atoms with E-state index in [0.29, 0.717) is 24.2 Å². The summed E-state index contributed by atoms with van der Waals surface area (Å²) >= 11 is 1.37. The third kappa shape index (κ3) is 4.19. The van der Waals surface area contributed by atoms with E-state index < -0.39 is 0 Å². The molecule has 0 saturated heterocycles. The molecule has 1 aromatic carbocycles. The lowest BCUT2D eigenvalue weighted by Gasteiger charge is -2.25. The highest BCUT2D eigenvalue weighted by Gasteiger charge is 2.23. The van der Waals surface area contributed by atoms with Crippen molar-refractivity contribution in [2.24, 2.45) is 0 Å². The smallest absolute Gasteiger partial charge is 0.273 e. The van der Waals surface area contributed by atoms with Crippen LogP contribution >= 0.6 is 11.3 Å². The zero-order valence-electron chi connectivity index (χ0n) is 15.0. The van der Waals surface area contributed by atoms with Crippen molar-refractivity contribution in [1.82, 2.24) is 9.88 Å². The summed E-state index contributed by atoms with van der Waals surface area (Å²) in [6.45, 7) is 6.19. The third-order valence-corrected chi connectivity index (χ3v) is 4.93. The highest BCUT2D eigenvalue weighted by Crippen LogP contribution is 2.20. The molecule has 0 fully saturated rings. The molecule has 136 valence electrons. The average Bonchev–Trinajstić information content (AvgIpc) is 3.23. The Morgan fingerprint density at radius 3 is 2.69 bits per heavy atom. The van der Waals surface area contributed by atoms with Gasteiger partial charge in [-0.15, -0.1) is 11.3 Å². The lowest BCUT2D eigenvalue weighted by molar-refractivity contribution is 0.0670. The van der Waals surface area contributed by atoms with Crippen LogP contribution in [0.4, 0.5) is 4.39 Å². The summed E-state index contributed by atoms with van der Waals surface area (Å²) < 4.78 is 19.4. The quantitative estimate of drug-likeness (QED) is 0.623. The second kappa shape index (κ2) is 7.83. The number of aryl methyl sites for hydroxylation is 1. The molecule has 0 aliphatic heterocycles. The molecule has 0 aliphatic carbocycles. The van der Waals surface area contributed by atoms with Gasteiger partial charge in [-0.2, -0.15) is 0 Å². The summed E-state index contributed by atoms with van der Waals surface area (Å²) in [6, 6.07) is 10.4. The van der Waals surface area contributed by atoms with Crippen molar-refractivity contribution in [3.63, 3.8) is 0 Å². The Bertz CT molecular complexity index is 901. The van der Waals surface area contributed by atoms with Gasteiger partial charge < -0.3 is 9.32 Å². The zero-order valence-corrected chi connectivity index (χ0v) is 15.8. The fraction of sp³-hybridized carbons (Fsp3) is 0.300. The monoisotopic (exact) mass is 372 g/mol. The predicted molar refractivity (Wildman–Crippen MR) is 99.8 cm³/mol. The normalized spacial score (nSPS) is 11.1. The first kappa shape index (κ1) is 18.3. The van der Waals surface area contributed by atoms with Gasteiger partial charge in [0.1, 0.15) is 23.0 Å². The van der Waals surface area contributed by atoms with Crippen molar-refractivity contribution in [2.45, 2.75) is 39.8 Å². The van der Waals surface area contributed by atoms with Gasteiger partial charge in [-0.25, -0.2) is 9.37 Å². The van der Waals surface area contributed by atoms with Gasteiger partial charge >= 0.3 is 0 Å². The van der Waals surface area contributed by atoms with Crippen LogP contribution in [-0.2, 0) is 13.0 Å². The summed E-state index contributed by atoms with van der Waals surface area (Å²) in [5.74, 6) is 1.15. The summed E-state index contributed by atoms with van der Waals surface area (Å²) in [5, 5.41) is 2.46. The topological polar surface area (TPSA) is 46.3 Å². The molecule has 3 aromatic rings. The highest BCUT2D eigenvalue weighted by atomic mass is 32.1. The average molecular weight is 372 g/mol. The van der Waals surface area contributed by atoms with E-state index in [1.807, 2.05) is 32.9 Å². The molecule has 2 heterocycles. The molecule has 0 bridgehead atoms. The van der Waals surface area contributed by atoms with E-state index in [1.165, 1.54) is 17.4 Å². The third-order valence-electron chi connectivity index (χ3n) is 4.08. The van der Waals surface area contributed by atoms with E-state index in [4.69, 9.17) is 4.42 Å². The lowest BCUT2D eigenvalue weighted by Crippen LogP contribution is -2.36. The van der Waals surface area contributed by atoms with Gasteiger partial charge in [-0.05, 0) is 44.5 Å². The number of furan rings is 1. The summed E-state index contributed by atoms with van der Waals surface area (Å²) in [4.78, 5) is 19.0. The van der Waals surface area contributed by atoms with Crippen LogP contribution in [0.1, 0.15) is 46.4 Å². The van der Waals surface area contributed by atoms with Crippen molar-refractivity contribution in [1.29, 1.82) is 0 Å². The van der Waals surface area contributed by atoms with E-state index in [1.54, 1.807) is 28.5 Å². The Balaban J connectivity index is 1.75. The Labute approximate surface area is 156 Å². The molecule has 3 rings (SSSR count). The number of rotatable bonds is 6. The molecule has 0 spiro atoms. The fourth-order valence-electron chi connectivity index (χ4n) is 2.67. The van der Waals surface area contributed by atoms with Gasteiger partial charge in [0.15, 0.2) is 0 Å². The number of aromatic nitrogens is 1. The largest absolute Gasteiger partial charge is 0.464 e. The maximum atomic E-state index is 13.8. The Hall–Kier alpha value is -2.47. The SMILES string of the molecule is Cc1ccc(CN(C(=O)c2csc(Cc3ccccc3F)n2)C(C)C)o1. The van der Waals surface area contributed by atoms with Crippen LogP contribution in [0, 0.1) is 12.7 Å². The molecule has 0 N–H and O–H groups in total. The number of hydrogen-bond donors (Lipinski definition) is 0. The first-order chi connectivity index (χ1) is 12.4. The van der Waals surface area contributed by atoms with E-state index in [9.17, 15) is 9.18 Å². The number of thiazole rings is 1. The van der Waals surface area contributed by atoms with E-state index >= 15 is 0 Å². The molecule has 0 unspecified atom stereocenters. The summed E-state index contributed by atoms with van der Waals surface area (Å²) in [6.07, 6.45) is 0.379. The first-order valence-corrected chi connectivity index (χ1v) is 9.36. The van der Waals surface area contributed by atoms with Gasteiger partial charge in [0.2, 0.25) is 0 Å². The molecule has 0 aliphatic rings. The van der Waals surface area contributed by atoms with Crippen LogP contribution in [0.5, 0.6) is 0 Å². The number of amides is 1. The molecule has 4 nitrogen and oxygen atoms in total. The molecule has 1 amide bonds. The standard InChI is InChI=1S/C20H21FN2O2S/c1-13(2)23(11-16-9-8-14(3)25-16)20(24)18-12-26-19(22-18)10-15-6-4-5-7-17(15)21/h4-9,12-13H,10-11H2,1-3H3. The lowest BCUT2D eigenvalue weighted by atomic mass is 10.1. The number of nitrogens with zero attached hydrogens (tertiary/aromatic N) is 2. The summed E-state index contributed by atoms with van der Waals surface area (Å²) in [5.41, 5.74) is 0.964. The van der Waals surface area contributed by atoms with Crippen LogP contribution in [0.15, 0.2) is 46.2 Å².